The second-order valence-electron chi connectivity index (χ2n) is 2.51. The number of carbonyl (C=O) groups excluding carboxylic acids is 1. The Labute approximate surface area is 69.6 Å². The minimum absolute atomic E-state index is 0.0920. The molecule has 1 aliphatic heterocycles. The van der Waals surface area contributed by atoms with Crippen molar-refractivity contribution in [2.45, 2.75) is 6.23 Å². The molecule has 1 unspecified atom stereocenters. The fraction of sp³-hybridized carbons (Fsp3) is 0.250. The van der Waals surface area contributed by atoms with Gasteiger partial charge in [0.2, 0.25) is 5.91 Å². The first-order chi connectivity index (χ1) is 5.86. The fourth-order valence-corrected chi connectivity index (χ4v) is 1.08. The Bertz CT molecular complexity index is 286. The number of pyridine rings is 1. The summed E-state index contributed by atoms with van der Waals surface area (Å²) in [5.74, 6) is -0.0920. The number of nitrogens with zero attached hydrogens (tertiary/aromatic N) is 1. The summed E-state index contributed by atoms with van der Waals surface area (Å²) < 4.78 is 5.13. The lowest BCUT2D eigenvalue weighted by Crippen LogP contribution is -2.20. The third-order valence-electron chi connectivity index (χ3n) is 1.63. The fourth-order valence-electron chi connectivity index (χ4n) is 1.08. The lowest BCUT2D eigenvalue weighted by atomic mass is 10.3. The molecule has 62 valence electrons. The van der Waals surface area contributed by atoms with Crippen molar-refractivity contribution in [1.82, 2.24) is 10.3 Å². The van der Waals surface area contributed by atoms with E-state index in [1.165, 1.54) is 0 Å². The predicted octanol–water partition coefficient (Wildman–Crippen LogP) is 0.227. The van der Waals surface area contributed by atoms with Crippen LogP contribution in [0.2, 0.25) is 0 Å². The third-order valence-corrected chi connectivity index (χ3v) is 1.63. The van der Waals surface area contributed by atoms with Gasteiger partial charge in [0, 0.05) is 6.20 Å². The van der Waals surface area contributed by atoms with Crippen LogP contribution < -0.4 is 5.32 Å². The molecule has 2 rings (SSSR count). The van der Waals surface area contributed by atoms with Crippen molar-refractivity contribution in [2.24, 2.45) is 0 Å². The van der Waals surface area contributed by atoms with Crippen LogP contribution in [-0.2, 0) is 9.53 Å². The number of carbonyl (C=O) groups is 1. The van der Waals surface area contributed by atoms with E-state index in [0.29, 0.717) is 0 Å². The maximum atomic E-state index is 10.8. The molecule has 0 spiro atoms. The summed E-state index contributed by atoms with van der Waals surface area (Å²) in [6, 6.07) is 5.49. The van der Waals surface area contributed by atoms with Gasteiger partial charge in [0.05, 0.1) is 5.69 Å². The van der Waals surface area contributed by atoms with Gasteiger partial charge in [-0.05, 0) is 12.1 Å². The Morgan fingerprint density at radius 1 is 1.58 bits per heavy atom. The smallest absolute Gasteiger partial charge is 0.248 e. The third kappa shape index (κ3) is 1.29. The molecule has 0 aliphatic carbocycles. The Kier molecular flexibility index (Phi) is 1.75. The van der Waals surface area contributed by atoms with Crippen molar-refractivity contribution in [3.63, 3.8) is 0 Å². The summed E-state index contributed by atoms with van der Waals surface area (Å²) in [6.45, 7) is 0.126. The van der Waals surface area contributed by atoms with Crippen molar-refractivity contribution >= 4 is 5.91 Å². The van der Waals surface area contributed by atoms with Gasteiger partial charge in [0.15, 0.2) is 6.23 Å². The molecule has 1 aliphatic rings. The van der Waals surface area contributed by atoms with E-state index < -0.39 is 0 Å². The highest BCUT2D eigenvalue weighted by Gasteiger charge is 2.23. The molecule has 4 heteroatoms. The SMILES string of the molecule is O=C1COC(c2ccccn2)N1. The Hall–Kier alpha value is -1.42. The van der Waals surface area contributed by atoms with Crippen LogP contribution in [0.25, 0.3) is 0 Å². The van der Waals surface area contributed by atoms with Crippen molar-refractivity contribution in [3.8, 4) is 0 Å². The van der Waals surface area contributed by atoms with Crippen molar-refractivity contribution in [3.05, 3.63) is 30.1 Å². The van der Waals surface area contributed by atoms with E-state index in [1.54, 1.807) is 6.20 Å². The highest BCUT2D eigenvalue weighted by Crippen LogP contribution is 2.14. The zero-order valence-electron chi connectivity index (χ0n) is 6.36. The molecule has 1 atom stereocenters. The van der Waals surface area contributed by atoms with Gasteiger partial charge in [-0.1, -0.05) is 6.07 Å². The molecule has 0 bridgehead atoms. The first-order valence-corrected chi connectivity index (χ1v) is 3.68. The molecule has 12 heavy (non-hydrogen) atoms. The second-order valence-corrected chi connectivity index (χ2v) is 2.51. The van der Waals surface area contributed by atoms with Gasteiger partial charge in [-0.25, -0.2) is 0 Å². The normalized spacial score (nSPS) is 22.3. The highest BCUT2D eigenvalue weighted by molar-refractivity contribution is 5.79. The standard InChI is InChI=1S/C8H8N2O2/c11-7-5-12-8(10-7)6-3-1-2-4-9-6/h1-4,8H,5H2,(H,10,11). The quantitative estimate of drug-likeness (QED) is 0.646. The van der Waals surface area contributed by atoms with Gasteiger partial charge in [-0.3, -0.25) is 9.78 Å². The van der Waals surface area contributed by atoms with Crippen molar-refractivity contribution in [1.29, 1.82) is 0 Å². The number of amides is 1. The van der Waals surface area contributed by atoms with Gasteiger partial charge in [-0.15, -0.1) is 0 Å². The van der Waals surface area contributed by atoms with Gasteiger partial charge < -0.3 is 10.1 Å². The predicted molar refractivity (Wildman–Crippen MR) is 41.1 cm³/mol. The molecule has 4 nitrogen and oxygen atoms in total. The Morgan fingerprint density at radius 2 is 2.50 bits per heavy atom. The maximum Gasteiger partial charge on any atom is 0.248 e. The van der Waals surface area contributed by atoms with E-state index in [4.69, 9.17) is 4.74 Å². The highest BCUT2D eigenvalue weighted by atomic mass is 16.5. The van der Waals surface area contributed by atoms with Crippen molar-refractivity contribution in [2.75, 3.05) is 6.61 Å². The first-order valence-electron chi connectivity index (χ1n) is 3.68. The minimum atomic E-state index is -0.362. The largest absolute Gasteiger partial charge is 0.343 e. The van der Waals surface area contributed by atoms with Crippen LogP contribution in [0, 0.1) is 0 Å². The Morgan fingerprint density at radius 3 is 3.08 bits per heavy atom. The second kappa shape index (κ2) is 2.91. The molecule has 1 saturated heterocycles. The van der Waals surface area contributed by atoms with E-state index in [9.17, 15) is 4.79 Å². The van der Waals surface area contributed by atoms with Crippen LogP contribution in [-0.4, -0.2) is 17.5 Å². The number of nitrogens with one attached hydrogen (secondary N) is 1. The van der Waals surface area contributed by atoms with Crippen LogP contribution in [0.1, 0.15) is 11.9 Å². The van der Waals surface area contributed by atoms with E-state index >= 15 is 0 Å². The molecular weight excluding hydrogens is 156 g/mol. The summed E-state index contributed by atoms with van der Waals surface area (Å²) in [5.41, 5.74) is 0.739. The van der Waals surface area contributed by atoms with Crippen LogP contribution in [0.5, 0.6) is 0 Å². The molecular formula is C8H8N2O2. The van der Waals surface area contributed by atoms with Gasteiger partial charge >= 0.3 is 0 Å². The average Bonchev–Trinajstić information content (AvgIpc) is 2.54. The molecule has 1 aromatic heterocycles. The maximum absolute atomic E-state index is 10.8. The molecule has 0 aromatic carbocycles. The number of aromatic nitrogens is 1. The van der Waals surface area contributed by atoms with Gasteiger partial charge in [0.25, 0.3) is 0 Å². The molecule has 0 radical (unpaired) electrons. The Balaban J connectivity index is 2.16. The molecule has 1 amide bonds. The number of rotatable bonds is 1. The molecule has 1 N–H and O–H groups in total. The van der Waals surface area contributed by atoms with Gasteiger partial charge in [0.1, 0.15) is 6.61 Å². The zero-order valence-corrected chi connectivity index (χ0v) is 6.36. The van der Waals surface area contributed by atoms with Crippen molar-refractivity contribution < 1.29 is 9.53 Å². The molecule has 0 saturated carbocycles. The van der Waals surface area contributed by atoms with E-state index in [0.717, 1.165) is 5.69 Å². The number of ether oxygens (including phenoxy) is 1. The lowest BCUT2D eigenvalue weighted by Gasteiger charge is -2.06. The summed E-state index contributed by atoms with van der Waals surface area (Å²) in [5, 5.41) is 2.65. The zero-order chi connectivity index (χ0) is 8.39. The van der Waals surface area contributed by atoms with Gasteiger partial charge in [-0.2, -0.15) is 0 Å². The summed E-state index contributed by atoms with van der Waals surface area (Å²) in [4.78, 5) is 14.8. The minimum Gasteiger partial charge on any atom is -0.343 e. The van der Waals surface area contributed by atoms with E-state index in [-0.39, 0.29) is 18.7 Å². The monoisotopic (exact) mass is 164 g/mol. The summed E-state index contributed by atoms with van der Waals surface area (Å²) in [7, 11) is 0. The van der Waals surface area contributed by atoms with E-state index in [1.807, 2.05) is 18.2 Å². The topological polar surface area (TPSA) is 51.2 Å². The van der Waals surface area contributed by atoms with Crippen LogP contribution in [0.4, 0.5) is 0 Å². The summed E-state index contributed by atoms with van der Waals surface area (Å²) >= 11 is 0. The molecule has 1 fully saturated rings. The lowest BCUT2D eigenvalue weighted by molar-refractivity contribution is -0.119. The first kappa shape index (κ1) is 7.24. The average molecular weight is 164 g/mol. The van der Waals surface area contributed by atoms with E-state index in [2.05, 4.69) is 10.3 Å². The molecule has 2 heterocycles. The number of hydrogen-bond acceptors (Lipinski definition) is 3. The van der Waals surface area contributed by atoms with Crippen LogP contribution >= 0.6 is 0 Å². The molecule has 1 aromatic rings. The number of hydrogen-bond donors (Lipinski definition) is 1. The van der Waals surface area contributed by atoms with Crippen LogP contribution in [0.3, 0.4) is 0 Å². The van der Waals surface area contributed by atoms with Crippen LogP contribution in [0.15, 0.2) is 24.4 Å². The summed E-state index contributed by atoms with van der Waals surface area (Å²) in [6.07, 6.45) is 1.31.